The first-order chi connectivity index (χ1) is 15.9. The first-order valence-corrected chi connectivity index (χ1v) is 12.3. The zero-order valence-electron chi connectivity index (χ0n) is 18.6. The summed E-state index contributed by atoms with van der Waals surface area (Å²) in [4.78, 5) is 14.2. The molecule has 0 amide bonds. The molecule has 0 unspecified atom stereocenters. The van der Waals surface area contributed by atoms with E-state index >= 15 is 0 Å². The second kappa shape index (κ2) is 9.57. The molecular weight excluding hydrogens is 444 g/mol. The number of aromatic nitrogens is 4. The number of carbonyl (C=O) groups excluding carboxylic acids is 1. The highest BCUT2D eigenvalue weighted by Crippen LogP contribution is 2.33. The van der Waals surface area contributed by atoms with Crippen LogP contribution in [0.2, 0.25) is 0 Å². The number of sulfonamides is 1. The molecule has 1 aliphatic rings. The SMILES string of the molecule is CCc1ccc(C(=O)OC)cc1S(=O)(=O)Nc1cc(-n2cnnn2)ccc1N1CCCCC1. The highest BCUT2D eigenvalue weighted by atomic mass is 32.2. The van der Waals surface area contributed by atoms with Gasteiger partial charge in [-0.3, -0.25) is 4.72 Å². The molecule has 0 radical (unpaired) electrons. The number of nitrogens with zero attached hydrogens (tertiary/aromatic N) is 5. The Morgan fingerprint density at radius 2 is 1.91 bits per heavy atom. The predicted molar refractivity (Wildman–Crippen MR) is 123 cm³/mol. The fraction of sp³-hybridized carbons (Fsp3) is 0.364. The summed E-state index contributed by atoms with van der Waals surface area (Å²) in [5.41, 5.74) is 2.62. The lowest BCUT2D eigenvalue weighted by Gasteiger charge is -2.31. The zero-order chi connectivity index (χ0) is 23.4. The van der Waals surface area contributed by atoms with E-state index in [4.69, 9.17) is 4.74 Å². The molecule has 0 spiro atoms. The lowest BCUT2D eigenvalue weighted by Crippen LogP contribution is -2.30. The molecule has 1 fully saturated rings. The van der Waals surface area contributed by atoms with Crippen LogP contribution in [-0.4, -0.2) is 54.8 Å². The van der Waals surface area contributed by atoms with Crippen molar-refractivity contribution >= 4 is 27.4 Å². The van der Waals surface area contributed by atoms with Crippen molar-refractivity contribution in [2.45, 2.75) is 37.5 Å². The molecule has 1 saturated heterocycles. The minimum Gasteiger partial charge on any atom is -0.465 e. The largest absolute Gasteiger partial charge is 0.465 e. The molecule has 1 aliphatic heterocycles. The summed E-state index contributed by atoms with van der Waals surface area (Å²) >= 11 is 0. The van der Waals surface area contributed by atoms with E-state index < -0.39 is 16.0 Å². The van der Waals surface area contributed by atoms with Gasteiger partial charge in [-0.15, -0.1) is 5.10 Å². The first kappa shape index (κ1) is 22.7. The van der Waals surface area contributed by atoms with Crippen LogP contribution in [0.5, 0.6) is 0 Å². The van der Waals surface area contributed by atoms with Gasteiger partial charge in [-0.2, -0.15) is 0 Å². The number of esters is 1. The molecule has 33 heavy (non-hydrogen) atoms. The Morgan fingerprint density at radius 3 is 2.58 bits per heavy atom. The van der Waals surface area contributed by atoms with E-state index in [1.807, 2.05) is 19.1 Å². The monoisotopic (exact) mass is 470 g/mol. The van der Waals surface area contributed by atoms with Crippen molar-refractivity contribution in [2.24, 2.45) is 0 Å². The van der Waals surface area contributed by atoms with Crippen molar-refractivity contribution in [3.8, 4) is 5.69 Å². The number of carbonyl (C=O) groups is 1. The number of piperidine rings is 1. The van der Waals surface area contributed by atoms with Crippen molar-refractivity contribution < 1.29 is 17.9 Å². The topological polar surface area (TPSA) is 119 Å². The number of anilines is 2. The van der Waals surface area contributed by atoms with Crippen LogP contribution in [0, 0.1) is 0 Å². The normalized spacial score (nSPS) is 14.2. The predicted octanol–water partition coefficient (Wildman–Crippen LogP) is 2.80. The number of benzene rings is 2. The summed E-state index contributed by atoms with van der Waals surface area (Å²) in [5.74, 6) is -0.594. The van der Waals surface area contributed by atoms with Crippen LogP contribution < -0.4 is 9.62 Å². The molecule has 0 saturated carbocycles. The molecule has 0 atom stereocenters. The molecule has 1 aromatic heterocycles. The molecule has 174 valence electrons. The summed E-state index contributed by atoms with van der Waals surface area (Å²) in [6.07, 6.45) is 5.18. The van der Waals surface area contributed by atoms with Gasteiger partial charge in [-0.1, -0.05) is 13.0 Å². The summed E-state index contributed by atoms with van der Waals surface area (Å²) < 4.78 is 36.1. The Morgan fingerprint density at radius 1 is 1.12 bits per heavy atom. The molecule has 0 bridgehead atoms. The third kappa shape index (κ3) is 4.82. The van der Waals surface area contributed by atoms with E-state index in [9.17, 15) is 13.2 Å². The average Bonchev–Trinajstić information content (AvgIpc) is 3.38. The molecule has 2 heterocycles. The standard InChI is InChI=1S/C22H26N6O4S/c1-3-16-7-8-17(22(29)32-2)13-21(16)33(30,31)24-19-14-18(28-15-23-25-26-28)9-10-20(19)27-11-5-4-6-12-27/h7-10,13-15,24H,3-6,11-12H2,1-2H3. The summed E-state index contributed by atoms with van der Waals surface area (Å²) in [6, 6.07) is 10.0. The van der Waals surface area contributed by atoms with Crippen LogP contribution in [0.4, 0.5) is 11.4 Å². The van der Waals surface area contributed by atoms with Gasteiger partial charge in [0.15, 0.2) is 0 Å². The number of tetrazole rings is 1. The van der Waals surface area contributed by atoms with E-state index in [-0.39, 0.29) is 10.5 Å². The third-order valence-electron chi connectivity index (χ3n) is 5.69. The lowest BCUT2D eigenvalue weighted by molar-refractivity contribution is 0.0600. The van der Waals surface area contributed by atoms with Gasteiger partial charge in [0.1, 0.15) is 6.33 Å². The van der Waals surface area contributed by atoms with Gasteiger partial charge in [0.05, 0.1) is 34.6 Å². The van der Waals surface area contributed by atoms with Crippen molar-refractivity contribution in [1.29, 1.82) is 0 Å². The van der Waals surface area contributed by atoms with E-state index in [1.165, 1.54) is 24.2 Å². The van der Waals surface area contributed by atoms with Gasteiger partial charge in [-0.05, 0) is 72.0 Å². The lowest BCUT2D eigenvalue weighted by atomic mass is 10.1. The van der Waals surface area contributed by atoms with Crippen LogP contribution in [0.15, 0.2) is 47.6 Å². The van der Waals surface area contributed by atoms with Gasteiger partial charge in [0, 0.05) is 13.1 Å². The van der Waals surface area contributed by atoms with E-state index in [2.05, 4.69) is 25.1 Å². The number of hydrogen-bond acceptors (Lipinski definition) is 8. The van der Waals surface area contributed by atoms with Gasteiger partial charge in [0.2, 0.25) is 0 Å². The molecule has 4 rings (SSSR count). The van der Waals surface area contributed by atoms with Crippen molar-refractivity contribution in [1.82, 2.24) is 20.2 Å². The van der Waals surface area contributed by atoms with Gasteiger partial charge in [-0.25, -0.2) is 17.9 Å². The highest BCUT2D eigenvalue weighted by Gasteiger charge is 2.24. The number of methoxy groups -OCH3 is 1. The Labute approximate surface area is 192 Å². The Balaban J connectivity index is 1.78. The third-order valence-corrected chi connectivity index (χ3v) is 7.14. The molecule has 3 aromatic rings. The summed E-state index contributed by atoms with van der Waals surface area (Å²) in [6.45, 7) is 3.55. The second-order valence-corrected chi connectivity index (χ2v) is 9.43. The quantitative estimate of drug-likeness (QED) is 0.524. The Bertz CT molecular complexity index is 1240. The van der Waals surface area contributed by atoms with E-state index in [0.29, 0.717) is 23.4 Å². The van der Waals surface area contributed by atoms with Crippen LogP contribution in [0.1, 0.15) is 42.1 Å². The smallest absolute Gasteiger partial charge is 0.337 e. The molecular formula is C22H26N6O4S. The fourth-order valence-electron chi connectivity index (χ4n) is 3.98. The maximum atomic E-state index is 13.5. The molecule has 1 N–H and O–H groups in total. The minimum absolute atomic E-state index is 0.0466. The fourth-order valence-corrected chi connectivity index (χ4v) is 5.38. The van der Waals surface area contributed by atoms with Crippen LogP contribution in [0.25, 0.3) is 5.69 Å². The van der Waals surface area contributed by atoms with Gasteiger partial charge in [0.25, 0.3) is 10.0 Å². The number of aryl methyl sites for hydroxylation is 1. The number of hydrogen-bond donors (Lipinski definition) is 1. The van der Waals surface area contributed by atoms with Crippen molar-refractivity contribution in [2.75, 3.05) is 29.8 Å². The zero-order valence-corrected chi connectivity index (χ0v) is 19.4. The maximum absolute atomic E-state index is 13.5. The number of rotatable bonds is 7. The van der Waals surface area contributed by atoms with E-state index in [1.54, 1.807) is 18.2 Å². The van der Waals surface area contributed by atoms with Crippen LogP contribution in [-0.2, 0) is 21.2 Å². The number of nitrogens with one attached hydrogen (secondary N) is 1. The van der Waals surface area contributed by atoms with Crippen LogP contribution in [0.3, 0.4) is 0 Å². The summed E-state index contributed by atoms with van der Waals surface area (Å²) in [5, 5.41) is 11.2. The minimum atomic E-state index is -4.01. The Hall–Kier alpha value is -3.47. The highest BCUT2D eigenvalue weighted by molar-refractivity contribution is 7.92. The molecule has 11 heteroatoms. The summed E-state index contributed by atoms with van der Waals surface area (Å²) in [7, 11) is -2.75. The van der Waals surface area contributed by atoms with E-state index in [0.717, 1.165) is 38.0 Å². The maximum Gasteiger partial charge on any atom is 0.337 e. The first-order valence-electron chi connectivity index (χ1n) is 10.8. The average molecular weight is 471 g/mol. The van der Waals surface area contributed by atoms with Gasteiger partial charge >= 0.3 is 5.97 Å². The number of ether oxygens (including phenoxy) is 1. The molecule has 10 nitrogen and oxygen atoms in total. The second-order valence-electron chi connectivity index (χ2n) is 7.78. The van der Waals surface area contributed by atoms with Crippen LogP contribution >= 0.6 is 0 Å². The molecule has 0 aliphatic carbocycles. The van der Waals surface area contributed by atoms with Crippen molar-refractivity contribution in [3.63, 3.8) is 0 Å². The van der Waals surface area contributed by atoms with Gasteiger partial charge < -0.3 is 9.64 Å². The molecule has 2 aromatic carbocycles. The van der Waals surface area contributed by atoms with Crippen molar-refractivity contribution in [3.05, 3.63) is 53.9 Å². The Kier molecular flexibility index (Phi) is 6.59.